The molecular weight excluding hydrogens is 686 g/mol. The van der Waals surface area contributed by atoms with Crippen LogP contribution in [0.3, 0.4) is 0 Å². The van der Waals surface area contributed by atoms with Gasteiger partial charge in [-0.05, 0) is 35.9 Å². The number of nitro groups is 4. The number of nitrogens with zero attached hydrogens (tertiary/aromatic N) is 8. The van der Waals surface area contributed by atoms with Crippen LogP contribution < -0.4 is 16.0 Å². The van der Waals surface area contributed by atoms with E-state index in [0.717, 1.165) is 11.8 Å². The van der Waals surface area contributed by atoms with E-state index in [-0.39, 0.29) is 57.1 Å². The Morgan fingerprint density at radius 2 is 1.22 bits per heavy atom. The van der Waals surface area contributed by atoms with E-state index in [2.05, 4.69) is 35.9 Å². The third-order valence-electron chi connectivity index (χ3n) is 7.08. The Labute approximate surface area is 289 Å². The van der Waals surface area contributed by atoms with E-state index in [4.69, 9.17) is 0 Å². The first-order valence-corrected chi connectivity index (χ1v) is 15.4. The smallest absolute Gasteiger partial charge is 0.274 e. The van der Waals surface area contributed by atoms with Gasteiger partial charge in [-0.15, -0.1) is 0 Å². The molecule has 0 fully saturated rings. The summed E-state index contributed by atoms with van der Waals surface area (Å²) in [6.07, 6.45) is 1.73. The first kappa shape index (κ1) is 33.5. The van der Waals surface area contributed by atoms with Gasteiger partial charge in [-0.1, -0.05) is 42.1 Å². The number of hydrogen-bond donors (Lipinski definition) is 3. The van der Waals surface area contributed by atoms with E-state index < -0.39 is 24.9 Å². The number of amidine groups is 1. The third-order valence-corrected chi connectivity index (χ3v) is 8.14. The second-order valence-corrected chi connectivity index (χ2v) is 11.6. The van der Waals surface area contributed by atoms with Crippen LogP contribution in [0.25, 0.3) is 5.70 Å². The van der Waals surface area contributed by atoms with Gasteiger partial charge in [0.1, 0.15) is 0 Å². The molecule has 1 unspecified atom stereocenters. The summed E-state index contributed by atoms with van der Waals surface area (Å²) in [6.45, 7) is 0. The van der Waals surface area contributed by atoms with Crippen LogP contribution in [0.5, 0.6) is 0 Å². The molecule has 2 heterocycles. The Balaban J connectivity index is 1.43. The zero-order valence-electron chi connectivity index (χ0n) is 25.6. The highest BCUT2D eigenvalue weighted by molar-refractivity contribution is 8.14. The molecule has 0 radical (unpaired) electrons. The summed E-state index contributed by atoms with van der Waals surface area (Å²) in [5, 5.41) is 54.3. The molecule has 1 aliphatic heterocycles. The Bertz CT molecular complexity index is 2190. The zero-order chi connectivity index (χ0) is 36.1. The number of nitro benzene ring substituents is 4. The maximum absolute atomic E-state index is 11.9. The molecule has 1 aromatic heterocycles. The van der Waals surface area contributed by atoms with Gasteiger partial charge in [-0.25, -0.2) is 0 Å². The Morgan fingerprint density at radius 1 is 0.647 bits per heavy atom. The molecule has 254 valence electrons. The lowest BCUT2D eigenvalue weighted by molar-refractivity contribution is -0.385. The van der Waals surface area contributed by atoms with E-state index in [0.29, 0.717) is 16.8 Å². The summed E-state index contributed by atoms with van der Waals surface area (Å²) in [5.41, 5.74) is 1.18. The summed E-state index contributed by atoms with van der Waals surface area (Å²) in [5.74, 6) is -0.382. The first-order valence-electron chi connectivity index (χ1n) is 14.5. The van der Waals surface area contributed by atoms with Crippen molar-refractivity contribution >= 4 is 74.6 Å². The van der Waals surface area contributed by atoms with Crippen molar-refractivity contribution in [1.82, 2.24) is 20.3 Å². The van der Waals surface area contributed by atoms with Crippen molar-refractivity contribution in [2.75, 3.05) is 10.6 Å². The molecule has 5 aromatic rings. The minimum absolute atomic E-state index is 0.0973. The number of thioether (sulfide) groups is 1. The molecule has 0 bridgehead atoms. The second kappa shape index (κ2) is 14.4. The maximum atomic E-state index is 11.9. The van der Waals surface area contributed by atoms with Crippen molar-refractivity contribution in [3.63, 3.8) is 0 Å². The SMILES string of the molecule is O=[N+]([O-])c1ccc(C2=CC(c3ccccc3[N+](=O)[O-])S/C(=N\c3nc(Nc4cccc([N+](=O)[O-])c4)nc(Nc4cccc([N+](=O)[O-])c4)n3)N2)cc1. The second-order valence-electron chi connectivity index (χ2n) is 10.4. The van der Waals surface area contributed by atoms with E-state index in [1.807, 2.05) is 0 Å². The number of benzene rings is 4. The Hall–Kier alpha value is -7.35. The molecule has 6 rings (SSSR count). The third kappa shape index (κ3) is 8.04. The topological polar surface area (TPSA) is 260 Å². The lowest BCUT2D eigenvalue weighted by atomic mass is 10.1. The first-order chi connectivity index (χ1) is 24.5. The van der Waals surface area contributed by atoms with Gasteiger partial charge in [0, 0.05) is 65.1 Å². The van der Waals surface area contributed by atoms with Crippen LogP contribution in [0.15, 0.2) is 108 Å². The van der Waals surface area contributed by atoms with Crippen LogP contribution in [0.1, 0.15) is 16.4 Å². The van der Waals surface area contributed by atoms with Gasteiger partial charge >= 0.3 is 0 Å². The van der Waals surface area contributed by atoms with Crippen LogP contribution in [-0.2, 0) is 0 Å². The average molecular weight is 708 g/mol. The van der Waals surface area contributed by atoms with E-state index in [1.54, 1.807) is 36.4 Å². The molecule has 1 aliphatic rings. The van der Waals surface area contributed by atoms with Crippen molar-refractivity contribution < 1.29 is 19.7 Å². The van der Waals surface area contributed by atoms with Crippen molar-refractivity contribution in [2.45, 2.75) is 5.25 Å². The number of aromatic nitrogens is 3. The molecule has 0 saturated heterocycles. The van der Waals surface area contributed by atoms with Crippen LogP contribution in [0.2, 0.25) is 0 Å². The zero-order valence-corrected chi connectivity index (χ0v) is 26.5. The molecule has 20 heteroatoms. The highest BCUT2D eigenvalue weighted by atomic mass is 32.2. The fourth-order valence-electron chi connectivity index (χ4n) is 4.80. The average Bonchev–Trinajstić information content (AvgIpc) is 3.11. The van der Waals surface area contributed by atoms with Crippen molar-refractivity contribution in [2.24, 2.45) is 4.99 Å². The number of para-hydroxylation sites is 1. The molecule has 0 spiro atoms. The monoisotopic (exact) mass is 707 g/mol. The number of anilines is 4. The van der Waals surface area contributed by atoms with E-state index >= 15 is 0 Å². The predicted octanol–water partition coefficient (Wildman–Crippen LogP) is 7.10. The van der Waals surface area contributed by atoms with Gasteiger partial charge in [-0.3, -0.25) is 40.5 Å². The van der Waals surface area contributed by atoms with Crippen molar-refractivity contribution in [3.05, 3.63) is 155 Å². The van der Waals surface area contributed by atoms with Crippen molar-refractivity contribution in [3.8, 4) is 0 Å². The quantitative estimate of drug-likeness (QED) is 0.0913. The lowest BCUT2D eigenvalue weighted by Crippen LogP contribution is -2.24. The van der Waals surface area contributed by atoms with Gasteiger partial charge in [0.05, 0.1) is 24.9 Å². The Kier molecular flexibility index (Phi) is 9.48. The summed E-state index contributed by atoms with van der Waals surface area (Å²) in [6, 6.07) is 23.0. The minimum Gasteiger partial charge on any atom is -0.334 e. The molecular formula is C31H21N11O8S. The van der Waals surface area contributed by atoms with Gasteiger partial charge in [-0.2, -0.15) is 19.9 Å². The molecule has 51 heavy (non-hydrogen) atoms. The van der Waals surface area contributed by atoms with Crippen LogP contribution in [0, 0.1) is 40.5 Å². The molecule has 19 nitrogen and oxygen atoms in total. The number of nitrogens with one attached hydrogen (secondary N) is 3. The Morgan fingerprint density at radius 3 is 1.76 bits per heavy atom. The molecule has 4 aromatic carbocycles. The van der Waals surface area contributed by atoms with Gasteiger partial charge in [0.15, 0.2) is 5.17 Å². The summed E-state index contributed by atoms with van der Waals surface area (Å²) >= 11 is 1.11. The predicted molar refractivity (Wildman–Crippen MR) is 187 cm³/mol. The molecule has 0 aliphatic carbocycles. The van der Waals surface area contributed by atoms with E-state index in [9.17, 15) is 40.5 Å². The molecule has 0 amide bonds. The largest absolute Gasteiger partial charge is 0.334 e. The van der Waals surface area contributed by atoms with E-state index in [1.165, 1.54) is 66.7 Å². The minimum atomic E-state index is -0.663. The molecule has 0 saturated carbocycles. The number of hydrogen-bond acceptors (Lipinski definition) is 15. The fraction of sp³-hybridized carbons (Fsp3) is 0.0323. The van der Waals surface area contributed by atoms with Crippen LogP contribution in [-0.4, -0.2) is 39.8 Å². The van der Waals surface area contributed by atoms with Crippen molar-refractivity contribution in [1.29, 1.82) is 0 Å². The standard InChI is InChI=1S/C31H21N11O8S/c43-39(44)21-13-11-18(12-14-21)25-17-27(24-9-1-2-10-26(24)42(49)50)51-31(34-25)38-30-36-28(32-19-5-3-7-22(15-19)40(45)46)35-29(37-30)33-20-6-4-8-23(16-20)41(47)48/h1-17,27H,(H3,32,33,34,35,36,37,38). The molecule has 1 atom stereocenters. The van der Waals surface area contributed by atoms with Crippen LogP contribution in [0.4, 0.5) is 52.0 Å². The normalized spacial score (nSPS) is 14.5. The summed E-state index contributed by atoms with van der Waals surface area (Å²) in [4.78, 5) is 61.4. The number of non-ortho nitro benzene ring substituents is 3. The van der Waals surface area contributed by atoms with Gasteiger partial charge < -0.3 is 16.0 Å². The molecule has 3 N–H and O–H groups in total. The highest BCUT2D eigenvalue weighted by Crippen LogP contribution is 2.41. The highest BCUT2D eigenvalue weighted by Gasteiger charge is 2.28. The number of rotatable bonds is 11. The number of aliphatic imine (C=N–C) groups is 1. The fourth-order valence-corrected chi connectivity index (χ4v) is 5.87. The summed E-state index contributed by atoms with van der Waals surface area (Å²) < 4.78 is 0. The summed E-state index contributed by atoms with van der Waals surface area (Å²) in [7, 11) is 0. The lowest BCUT2D eigenvalue weighted by Gasteiger charge is -2.24. The van der Waals surface area contributed by atoms with Crippen LogP contribution >= 0.6 is 11.8 Å². The van der Waals surface area contributed by atoms with Gasteiger partial charge in [0.25, 0.3) is 28.7 Å². The maximum Gasteiger partial charge on any atom is 0.274 e. The van der Waals surface area contributed by atoms with Gasteiger partial charge in [0.2, 0.25) is 11.9 Å².